The van der Waals surface area contributed by atoms with Gasteiger partial charge in [-0.1, -0.05) is 36.4 Å². The highest BCUT2D eigenvalue weighted by Crippen LogP contribution is 2.27. The van der Waals surface area contributed by atoms with E-state index in [1.807, 2.05) is 54.9 Å². The molecule has 5 heteroatoms. The van der Waals surface area contributed by atoms with Gasteiger partial charge in [0.05, 0.1) is 12.6 Å². The van der Waals surface area contributed by atoms with Crippen molar-refractivity contribution >= 4 is 33.4 Å². The second-order valence-corrected chi connectivity index (χ2v) is 6.25. The molecule has 25 heavy (non-hydrogen) atoms. The summed E-state index contributed by atoms with van der Waals surface area (Å²) in [6, 6.07) is 15.9. The first-order chi connectivity index (χ1) is 12.3. The first-order valence-corrected chi connectivity index (χ1v) is 8.29. The summed E-state index contributed by atoms with van der Waals surface area (Å²) in [5.41, 5.74) is 4.50. The lowest BCUT2D eigenvalue weighted by atomic mass is 10.0. The van der Waals surface area contributed by atoms with Gasteiger partial charge in [0.1, 0.15) is 5.71 Å². The largest absolute Gasteiger partial charge is 0.361 e. The fourth-order valence-electron chi connectivity index (χ4n) is 3.56. The molecule has 0 unspecified atom stereocenters. The van der Waals surface area contributed by atoms with E-state index in [-0.39, 0.29) is 11.9 Å². The van der Waals surface area contributed by atoms with Crippen LogP contribution in [0.3, 0.4) is 0 Å². The van der Waals surface area contributed by atoms with E-state index in [0.717, 1.165) is 32.9 Å². The third-order valence-electron chi connectivity index (χ3n) is 4.79. The van der Waals surface area contributed by atoms with E-state index in [2.05, 4.69) is 26.3 Å². The van der Waals surface area contributed by atoms with E-state index in [1.165, 1.54) is 0 Å². The van der Waals surface area contributed by atoms with Crippen molar-refractivity contribution in [3.8, 4) is 0 Å². The van der Waals surface area contributed by atoms with Gasteiger partial charge in [-0.15, -0.1) is 0 Å². The van der Waals surface area contributed by atoms with Gasteiger partial charge < -0.3 is 15.3 Å². The predicted octanol–water partition coefficient (Wildman–Crippen LogP) is 3.31. The number of carbonyl (C=O) groups is 1. The molecule has 0 saturated heterocycles. The van der Waals surface area contributed by atoms with Crippen molar-refractivity contribution in [1.29, 1.82) is 0 Å². The van der Waals surface area contributed by atoms with Gasteiger partial charge in [-0.3, -0.25) is 9.79 Å². The van der Waals surface area contributed by atoms with Crippen molar-refractivity contribution in [1.82, 2.24) is 15.3 Å². The van der Waals surface area contributed by atoms with Gasteiger partial charge in [-0.05, 0) is 12.1 Å². The molecule has 2 aromatic heterocycles. The third-order valence-corrected chi connectivity index (χ3v) is 4.79. The summed E-state index contributed by atoms with van der Waals surface area (Å²) in [5, 5.41) is 5.25. The molecule has 1 amide bonds. The molecule has 1 aliphatic rings. The van der Waals surface area contributed by atoms with Gasteiger partial charge in [0, 0.05) is 45.3 Å². The standard InChI is InChI=1S/C20H16N4O/c25-20-19(15-10-22-17-8-4-2-6-13(15)17)23-11-18(24-20)14-9-21-16-7-3-1-5-12(14)16/h1-10,18,21-22H,11H2,(H,24,25)/t18-/m1/s1. The fraction of sp³-hybridized carbons (Fsp3) is 0.100. The van der Waals surface area contributed by atoms with Crippen LogP contribution in [0.15, 0.2) is 65.9 Å². The summed E-state index contributed by atoms with van der Waals surface area (Å²) in [7, 11) is 0. The minimum Gasteiger partial charge on any atom is -0.361 e. The molecule has 0 saturated carbocycles. The van der Waals surface area contributed by atoms with E-state index >= 15 is 0 Å². The Bertz CT molecular complexity index is 1130. The molecule has 0 aliphatic carbocycles. The SMILES string of the molecule is O=C1N[C@@H](c2c[nH]c3ccccc23)CN=C1c1c[nH]c2ccccc12. The second kappa shape index (κ2) is 5.34. The highest BCUT2D eigenvalue weighted by molar-refractivity contribution is 6.47. The molecule has 5 nitrogen and oxygen atoms in total. The van der Waals surface area contributed by atoms with E-state index < -0.39 is 0 Å². The van der Waals surface area contributed by atoms with Gasteiger partial charge >= 0.3 is 0 Å². The average Bonchev–Trinajstić information content (AvgIpc) is 3.26. The number of aromatic amines is 2. The summed E-state index contributed by atoms with van der Waals surface area (Å²) < 4.78 is 0. The van der Waals surface area contributed by atoms with Crippen LogP contribution < -0.4 is 5.32 Å². The summed E-state index contributed by atoms with van der Waals surface area (Å²) >= 11 is 0. The van der Waals surface area contributed by atoms with Crippen LogP contribution in [-0.2, 0) is 4.79 Å². The number of benzene rings is 2. The quantitative estimate of drug-likeness (QED) is 0.519. The maximum absolute atomic E-state index is 12.7. The van der Waals surface area contributed by atoms with Crippen LogP contribution in [-0.4, -0.2) is 28.1 Å². The first kappa shape index (κ1) is 14.0. The summed E-state index contributed by atoms with van der Waals surface area (Å²) in [6.07, 6.45) is 3.82. The minimum atomic E-state index is -0.133. The van der Waals surface area contributed by atoms with Gasteiger partial charge in [0.25, 0.3) is 5.91 Å². The molecule has 1 atom stereocenters. The number of para-hydroxylation sites is 2. The maximum Gasteiger partial charge on any atom is 0.270 e. The maximum atomic E-state index is 12.7. The van der Waals surface area contributed by atoms with Crippen molar-refractivity contribution in [3.05, 3.63) is 72.1 Å². The lowest BCUT2D eigenvalue weighted by Gasteiger charge is -2.22. The molecule has 3 N–H and O–H groups in total. The van der Waals surface area contributed by atoms with E-state index in [0.29, 0.717) is 12.3 Å². The zero-order valence-electron chi connectivity index (χ0n) is 13.4. The molecule has 3 heterocycles. The number of nitrogens with zero attached hydrogens (tertiary/aromatic N) is 1. The van der Waals surface area contributed by atoms with Crippen LogP contribution in [0.25, 0.3) is 21.8 Å². The summed E-state index contributed by atoms with van der Waals surface area (Å²) in [4.78, 5) is 23.8. The summed E-state index contributed by atoms with van der Waals surface area (Å²) in [5.74, 6) is -0.133. The molecule has 0 spiro atoms. The Hall–Kier alpha value is -3.34. The zero-order chi connectivity index (χ0) is 16.8. The van der Waals surface area contributed by atoms with E-state index in [4.69, 9.17) is 0 Å². The fourth-order valence-corrected chi connectivity index (χ4v) is 3.56. The monoisotopic (exact) mass is 328 g/mol. The van der Waals surface area contributed by atoms with Crippen LogP contribution in [0.5, 0.6) is 0 Å². The highest BCUT2D eigenvalue weighted by Gasteiger charge is 2.27. The number of aromatic nitrogens is 2. The molecular weight excluding hydrogens is 312 g/mol. The van der Waals surface area contributed by atoms with Crippen LogP contribution in [0.2, 0.25) is 0 Å². The average molecular weight is 328 g/mol. The molecular formula is C20H16N4O. The number of nitrogens with one attached hydrogen (secondary N) is 3. The molecule has 5 rings (SSSR count). The normalized spacial score (nSPS) is 17.7. The van der Waals surface area contributed by atoms with Gasteiger partial charge in [0.15, 0.2) is 0 Å². The number of aliphatic imine (C=N–C) groups is 1. The number of rotatable bonds is 2. The number of hydrogen-bond donors (Lipinski definition) is 3. The van der Waals surface area contributed by atoms with Crippen molar-refractivity contribution in [2.75, 3.05) is 6.54 Å². The number of hydrogen-bond acceptors (Lipinski definition) is 2. The predicted molar refractivity (Wildman–Crippen MR) is 98.9 cm³/mol. The highest BCUT2D eigenvalue weighted by atomic mass is 16.2. The molecule has 122 valence electrons. The van der Waals surface area contributed by atoms with Crippen LogP contribution in [0, 0.1) is 0 Å². The van der Waals surface area contributed by atoms with Gasteiger partial charge in [-0.25, -0.2) is 0 Å². The Kier molecular flexibility index (Phi) is 3.00. The second-order valence-electron chi connectivity index (χ2n) is 6.25. The minimum absolute atomic E-state index is 0.113. The number of amides is 1. The molecule has 1 aliphatic heterocycles. The lowest BCUT2D eigenvalue weighted by Crippen LogP contribution is -2.40. The Morgan fingerprint density at radius 1 is 0.880 bits per heavy atom. The Balaban J connectivity index is 1.53. The molecule has 2 aromatic carbocycles. The molecule has 0 radical (unpaired) electrons. The third kappa shape index (κ3) is 2.16. The van der Waals surface area contributed by atoms with Gasteiger partial charge in [-0.2, -0.15) is 0 Å². The number of H-pyrrole nitrogens is 2. The Morgan fingerprint density at radius 2 is 1.56 bits per heavy atom. The van der Waals surface area contributed by atoms with Crippen LogP contribution in [0.1, 0.15) is 17.2 Å². The van der Waals surface area contributed by atoms with Crippen LogP contribution >= 0.6 is 0 Å². The topological polar surface area (TPSA) is 73.0 Å². The first-order valence-electron chi connectivity index (χ1n) is 8.29. The van der Waals surface area contributed by atoms with Crippen molar-refractivity contribution in [3.63, 3.8) is 0 Å². The lowest BCUT2D eigenvalue weighted by molar-refractivity contribution is -0.115. The van der Waals surface area contributed by atoms with E-state index in [9.17, 15) is 4.79 Å². The zero-order valence-corrected chi connectivity index (χ0v) is 13.4. The van der Waals surface area contributed by atoms with Gasteiger partial charge in [0.2, 0.25) is 0 Å². The van der Waals surface area contributed by atoms with Crippen molar-refractivity contribution in [2.24, 2.45) is 4.99 Å². The Morgan fingerprint density at radius 3 is 2.36 bits per heavy atom. The van der Waals surface area contributed by atoms with Crippen LogP contribution in [0.4, 0.5) is 0 Å². The molecule has 4 aromatic rings. The van der Waals surface area contributed by atoms with Crippen molar-refractivity contribution in [2.45, 2.75) is 6.04 Å². The summed E-state index contributed by atoms with van der Waals surface area (Å²) in [6.45, 7) is 0.530. The Labute approximate surface area is 143 Å². The number of fused-ring (bicyclic) bond motifs is 2. The van der Waals surface area contributed by atoms with E-state index in [1.54, 1.807) is 0 Å². The van der Waals surface area contributed by atoms with Crippen molar-refractivity contribution < 1.29 is 4.79 Å². The number of carbonyl (C=O) groups excluding carboxylic acids is 1. The smallest absolute Gasteiger partial charge is 0.270 e. The molecule has 0 fully saturated rings. The molecule has 0 bridgehead atoms.